The molecule has 1 heterocycles. The molecule has 0 fully saturated rings. The molecule has 1 aromatic heterocycles. The third-order valence-corrected chi connectivity index (χ3v) is 3.99. The molecule has 4 N–H and O–H groups in total. The number of aromatic carboxylic acids is 1. The summed E-state index contributed by atoms with van der Waals surface area (Å²) >= 11 is 1.59. The number of rotatable bonds is 5. The highest BCUT2D eigenvalue weighted by atomic mass is 32.1. The van der Waals surface area contributed by atoms with Gasteiger partial charge in [-0.2, -0.15) is 0 Å². The number of nitrogen functional groups attached to an aromatic ring is 1. The van der Waals surface area contributed by atoms with Crippen molar-refractivity contribution in [3.05, 3.63) is 45.4 Å². The van der Waals surface area contributed by atoms with Crippen molar-refractivity contribution in [2.45, 2.75) is 19.9 Å². The lowest BCUT2D eigenvalue weighted by molar-refractivity contribution is 0.0698. The van der Waals surface area contributed by atoms with Gasteiger partial charge < -0.3 is 16.2 Å². The Morgan fingerprint density at radius 1 is 1.50 bits per heavy atom. The molecule has 0 amide bonds. The zero-order chi connectivity index (χ0) is 14.7. The molecule has 20 heavy (non-hydrogen) atoms. The van der Waals surface area contributed by atoms with Crippen LogP contribution in [0.3, 0.4) is 0 Å². The van der Waals surface area contributed by atoms with Gasteiger partial charge in [0.15, 0.2) is 0 Å². The van der Waals surface area contributed by atoms with Gasteiger partial charge in [0.2, 0.25) is 0 Å². The van der Waals surface area contributed by atoms with E-state index in [0.29, 0.717) is 6.54 Å². The number of carboxylic acids is 1. The van der Waals surface area contributed by atoms with E-state index in [9.17, 15) is 9.18 Å². The Kier molecular flexibility index (Phi) is 4.24. The molecule has 0 saturated carbocycles. The van der Waals surface area contributed by atoms with Crippen molar-refractivity contribution in [3.8, 4) is 0 Å². The molecule has 0 aliphatic carbocycles. The van der Waals surface area contributed by atoms with Crippen molar-refractivity contribution >= 4 is 28.7 Å². The summed E-state index contributed by atoms with van der Waals surface area (Å²) < 4.78 is 13.8. The summed E-state index contributed by atoms with van der Waals surface area (Å²) in [5, 5.41) is 13.9. The summed E-state index contributed by atoms with van der Waals surface area (Å²) in [5.74, 6) is -1.72. The van der Waals surface area contributed by atoms with Crippen molar-refractivity contribution in [3.63, 3.8) is 0 Å². The summed E-state index contributed by atoms with van der Waals surface area (Å²) in [7, 11) is 0. The van der Waals surface area contributed by atoms with Crippen LogP contribution in [0.25, 0.3) is 0 Å². The fourth-order valence-corrected chi connectivity index (χ4v) is 2.84. The zero-order valence-corrected chi connectivity index (χ0v) is 11.8. The van der Waals surface area contributed by atoms with Gasteiger partial charge in [0, 0.05) is 17.1 Å². The fourth-order valence-electron chi connectivity index (χ4n) is 1.92. The molecule has 0 bridgehead atoms. The maximum atomic E-state index is 13.8. The molecule has 0 aliphatic heterocycles. The van der Waals surface area contributed by atoms with Gasteiger partial charge in [-0.15, -0.1) is 11.3 Å². The Hall–Kier alpha value is -2.08. The number of halogens is 1. The number of thiophene rings is 1. The van der Waals surface area contributed by atoms with Gasteiger partial charge in [0.1, 0.15) is 5.82 Å². The number of hydrogen-bond acceptors (Lipinski definition) is 4. The van der Waals surface area contributed by atoms with Crippen molar-refractivity contribution in [1.29, 1.82) is 0 Å². The minimum atomic E-state index is -1.17. The molecule has 106 valence electrons. The topological polar surface area (TPSA) is 75.3 Å². The smallest absolute Gasteiger partial charge is 0.337 e. The first-order chi connectivity index (χ1) is 9.52. The van der Waals surface area contributed by atoms with E-state index in [2.05, 4.69) is 12.2 Å². The molecule has 2 rings (SSSR count). The number of nitrogens with one attached hydrogen (secondary N) is 1. The zero-order valence-electron chi connectivity index (χ0n) is 10.9. The van der Waals surface area contributed by atoms with Gasteiger partial charge in [0.05, 0.1) is 11.3 Å². The molecule has 2 aromatic rings. The number of hydrogen-bond donors (Lipinski definition) is 3. The second kappa shape index (κ2) is 5.92. The van der Waals surface area contributed by atoms with Crippen LogP contribution in [0, 0.1) is 5.82 Å². The standard InChI is InChI=1S/C14H15FN2O2S/c1-2-8-3-4-20-13(8)7-17-12-5-9(14(18)19)11(16)6-10(12)15/h3-6,17H,2,7,16H2,1H3,(H,18,19). The second-order valence-electron chi connectivity index (χ2n) is 4.30. The Bertz CT molecular complexity index is 640. The molecule has 0 atom stereocenters. The molecular weight excluding hydrogens is 279 g/mol. The largest absolute Gasteiger partial charge is 0.478 e. The Morgan fingerprint density at radius 2 is 2.25 bits per heavy atom. The molecule has 0 aliphatic rings. The van der Waals surface area contributed by atoms with E-state index in [-0.39, 0.29) is 16.9 Å². The number of benzene rings is 1. The van der Waals surface area contributed by atoms with Crippen LogP contribution in [0.5, 0.6) is 0 Å². The van der Waals surface area contributed by atoms with E-state index in [1.165, 1.54) is 11.6 Å². The molecule has 6 heteroatoms. The Balaban J connectivity index is 2.21. The molecular formula is C14H15FN2O2S. The number of carbonyl (C=O) groups is 1. The quantitative estimate of drug-likeness (QED) is 0.739. The van der Waals surface area contributed by atoms with E-state index < -0.39 is 11.8 Å². The summed E-state index contributed by atoms with van der Waals surface area (Å²) in [6.07, 6.45) is 0.908. The highest BCUT2D eigenvalue weighted by Crippen LogP contribution is 2.24. The SMILES string of the molecule is CCc1ccsc1CNc1cc(C(=O)O)c(N)cc1F. The molecule has 4 nitrogen and oxygen atoms in total. The number of aryl methyl sites for hydroxylation is 1. The third-order valence-electron chi connectivity index (χ3n) is 3.03. The summed E-state index contributed by atoms with van der Waals surface area (Å²) in [5.41, 5.74) is 6.65. The Morgan fingerprint density at radius 3 is 2.90 bits per heavy atom. The summed E-state index contributed by atoms with van der Waals surface area (Å²) in [6, 6.07) is 4.29. The second-order valence-corrected chi connectivity index (χ2v) is 5.30. The minimum absolute atomic E-state index is 0.0779. The van der Waals surface area contributed by atoms with Crippen LogP contribution in [-0.4, -0.2) is 11.1 Å². The monoisotopic (exact) mass is 294 g/mol. The average Bonchev–Trinajstić information content (AvgIpc) is 2.84. The highest BCUT2D eigenvalue weighted by Gasteiger charge is 2.13. The summed E-state index contributed by atoms with van der Waals surface area (Å²) in [4.78, 5) is 12.1. The van der Waals surface area contributed by atoms with Gasteiger partial charge >= 0.3 is 5.97 Å². The van der Waals surface area contributed by atoms with Crippen molar-refractivity contribution < 1.29 is 14.3 Å². The van der Waals surface area contributed by atoms with Crippen molar-refractivity contribution in [2.75, 3.05) is 11.1 Å². The minimum Gasteiger partial charge on any atom is -0.478 e. The molecule has 0 radical (unpaired) electrons. The van der Waals surface area contributed by atoms with Crippen LogP contribution in [0.4, 0.5) is 15.8 Å². The molecule has 0 spiro atoms. The predicted molar refractivity (Wildman–Crippen MR) is 78.8 cm³/mol. The van der Waals surface area contributed by atoms with Gasteiger partial charge in [-0.1, -0.05) is 6.92 Å². The lowest BCUT2D eigenvalue weighted by atomic mass is 10.1. The van der Waals surface area contributed by atoms with Gasteiger partial charge in [-0.3, -0.25) is 0 Å². The predicted octanol–water partition coefficient (Wildman–Crippen LogP) is 3.34. The highest BCUT2D eigenvalue weighted by molar-refractivity contribution is 7.10. The third kappa shape index (κ3) is 2.91. The number of carboxylic acid groups (broad SMARTS) is 1. The van der Waals surface area contributed by atoms with E-state index >= 15 is 0 Å². The van der Waals surface area contributed by atoms with E-state index in [4.69, 9.17) is 10.8 Å². The number of anilines is 2. The average molecular weight is 294 g/mol. The van der Waals surface area contributed by atoms with Crippen LogP contribution < -0.4 is 11.1 Å². The first-order valence-electron chi connectivity index (χ1n) is 6.14. The Labute approximate surface area is 120 Å². The fraction of sp³-hybridized carbons (Fsp3) is 0.214. The first-order valence-corrected chi connectivity index (χ1v) is 7.02. The van der Waals surface area contributed by atoms with Crippen LogP contribution in [0.1, 0.15) is 27.7 Å². The normalized spacial score (nSPS) is 10.5. The van der Waals surface area contributed by atoms with Crippen LogP contribution in [-0.2, 0) is 13.0 Å². The maximum Gasteiger partial charge on any atom is 0.337 e. The van der Waals surface area contributed by atoms with Gasteiger partial charge in [-0.05, 0) is 35.6 Å². The van der Waals surface area contributed by atoms with Crippen molar-refractivity contribution in [2.24, 2.45) is 0 Å². The van der Waals surface area contributed by atoms with E-state index in [1.807, 2.05) is 11.4 Å². The van der Waals surface area contributed by atoms with Crippen molar-refractivity contribution in [1.82, 2.24) is 0 Å². The summed E-state index contributed by atoms with van der Waals surface area (Å²) in [6.45, 7) is 2.51. The van der Waals surface area contributed by atoms with E-state index in [1.54, 1.807) is 11.3 Å². The number of nitrogens with two attached hydrogens (primary N) is 1. The van der Waals surface area contributed by atoms with E-state index in [0.717, 1.165) is 17.4 Å². The van der Waals surface area contributed by atoms with Crippen LogP contribution in [0.2, 0.25) is 0 Å². The van der Waals surface area contributed by atoms with Gasteiger partial charge in [0.25, 0.3) is 0 Å². The lowest BCUT2D eigenvalue weighted by Crippen LogP contribution is -2.07. The molecule has 0 unspecified atom stereocenters. The first kappa shape index (κ1) is 14.3. The van der Waals surface area contributed by atoms with Crippen LogP contribution >= 0.6 is 11.3 Å². The molecule has 1 aromatic carbocycles. The lowest BCUT2D eigenvalue weighted by Gasteiger charge is -2.10. The molecule has 0 saturated heterocycles. The van der Waals surface area contributed by atoms with Gasteiger partial charge in [-0.25, -0.2) is 9.18 Å². The van der Waals surface area contributed by atoms with Crippen LogP contribution in [0.15, 0.2) is 23.6 Å². The maximum absolute atomic E-state index is 13.8.